The number of nitrogen functional groups attached to an aromatic ring is 1. The van der Waals surface area contributed by atoms with Gasteiger partial charge >= 0.3 is 0 Å². The number of nitrogens with zero attached hydrogens (tertiary/aromatic N) is 1. The van der Waals surface area contributed by atoms with Crippen LogP contribution in [0.5, 0.6) is 5.75 Å². The maximum absolute atomic E-state index is 5.83. The van der Waals surface area contributed by atoms with Gasteiger partial charge in [0.25, 0.3) is 0 Å². The van der Waals surface area contributed by atoms with Crippen molar-refractivity contribution in [3.05, 3.63) is 59.7 Å². The van der Waals surface area contributed by atoms with E-state index in [2.05, 4.69) is 30.0 Å². The molecule has 0 atom stereocenters. The van der Waals surface area contributed by atoms with Crippen molar-refractivity contribution in [3.63, 3.8) is 0 Å². The van der Waals surface area contributed by atoms with Gasteiger partial charge in [-0.05, 0) is 41.9 Å². The van der Waals surface area contributed by atoms with E-state index < -0.39 is 0 Å². The van der Waals surface area contributed by atoms with Gasteiger partial charge in [-0.1, -0.05) is 31.2 Å². The number of nitrogens with two attached hydrogens (primary N) is 1. The lowest BCUT2D eigenvalue weighted by Crippen LogP contribution is -2.22. The fraction of sp³-hybridized carbons (Fsp3) is 0.294. The topological polar surface area (TPSA) is 38.5 Å². The van der Waals surface area contributed by atoms with E-state index in [1.54, 1.807) is 7.11 Å². The Bertz CT molecular complexity index is 537. The first-order chi connectivity index (χ1) is 9.71. The van der Waals surface area contributed by atoms with Crippen LogP contribution in [0.4, 0.5) is 5.69 Å². The zero-order valence-corrected chi connectivity index (χ0v) is 12.2. The minimum absolute atomic E-state index is 0.822. The van der Waals surface area contributed by atoms with E-state index in [1.165, 1.54) is 11.1 Å². The molecule has 0 amide bonds. The van der Waals surface area contributed by atoms with Gasteiger partial charge in [0.2, 0.25) is 0 Å². The van der Waals surface area contributed by atoms with Crippen molar-refractivity contribution in [1.82, 2.24) is 4.90 Å². The quantitative estimate of drug-likeness (QED) is 0.819. The van der Waals surface area contributed by atoms with Crippen molar-refractivity contribution in [1.29, 1.82) is 0 Å². The van der Waals surface area contributed by atoms with Crippen LogP contribution in [0.1, 0.15) is 18.1 Å². The standard InChI is InChI=1S/C17H22N2O/c1-3-19(13-15-5-4-6-16(18)11-15)12-14-7-9-17(20-2)10-8-14/h4-11H,3,12-13,18H2,1-2H3. The van der Waals surface area contributed by atoms with Gasteiger partial charge in [0, 0.05) is 18.8 Å². The lowest BCUT2D eigenvalue weighted by molar-refractivity contribution is 0.271. The Balaban J connectivity index is 2.01. The molecule has 3 heteroatoms. The highest BCUT2D eigenvalue weighted by Gasteiger charge is 2.05. The summed E-state index contributed by atoms with van der Waals surface area (Å²) in [6, 6.07) is 16.3. The molecule has 0 heterocycles. The SMILES string of the molecule is CCN(Cc1ccc(OC)cc1)Cc1cccc(N)c1. The van der Waals surface area contributed by atoms with Gasteiger partial charge < -0.3 is 10.5 Å². The van der Waals surface area contributed by atoms with Crippen LogP contribution in [0.2, 0.25) is 0 Å². The van der Waals surface area contributed by atoms with Gasteiger partial charge in [-0.2, -0.15) is 0 Å². The number of methoxy groups -OCH3 is 1. The van der Waals surface area contributed by atoms with E-state index in [0.717, 1.165) is 31.1 Å². The van der Waals surface area contributed by atoms with Crippen molar-refractivity contribution in [2.45, 2.75) is 20.0 Å². The van der Waals surface area contributed by atoms with Gasteiger partial charge in [-0.25, -0.2) is 0 Å². The van der Waals surface area contributed by atoms with E-state index >= 15 is 0 Å². The second-order valence-electron chi connectivity index (χ2n) is 4.90. The average Bonchev–Trinajstić information content (AvgIpc) is 2.47. The molecule has 0 spiro atoms. The van der Waals surface area contributed by atoms with E-state index in [4.69, 9.17) is 10.5 Å². The molecule has 20 heavy (non-hydrogen) atoms. The molecule has 2 aromatic rings. The summed E-state index contributed by atoms with van der Waals surface area (Å²) in [6.07, 6.45) is 0. The minimum Gasteiger partial charge on any atom is -0.497 e. The van der Waals surface area contributed by atoms with Crippen LogP contribution in [0.3, 0.4) is 0 Å². The van der Waals surface area contributed by atoms with Gasteiger partial charge in [0.15, 0.2) is 0 Å². The summed E-state index contributed by atoms with van der Waals surface area (Å²) in [5, 5.41) is 0. The number of ether oxygens (including phenoxy) is 1. The Labute approximate surface area is 121 Å². The molecule has 0 aromatic heterocycles. The number of benzene rings is 2. The Morgan fingerprint density at radius 3 is 2.30 bits per heavy atom. The van der Waals surface area contributed by atoms with Crippen molar-refractivity contribution in [3.8, 4) is 5.75 Å². The zero-order chi connectivity index (χ0) is 14.4. The highest BCUT2D eigenvalue weighted by atomic mass is 16.5. The predicted molar refractivity (Wildman–Crippen MR) is 83.6 cm³/mol. The molecule has 0 aliphatic rings. The third kappa shape index (κ3) is 4.00. The fourth-order valence-electron chi connectivity index (χ4n) is 2.22. The monoisotopic (exact) mass is 270 g/mol. The van der Waals surface area contributed by atoms with Crippen LogP contribution in [-0.4, -0.2) is 18.6 Å². The third-order valence-corrected chi connectivity index (χ3v) is 3.37. The van der Waals surface area contributed by atoms with E-state index in [-0.39, 0.29) is 0 Å². The molecule has 0 saturated heterocycles. The first-order valence-corrected chi connectivity index (χ1v) is 6.91. The number of hydrogen-bond donors (Lipinski definition) is 1. The molecular formula is C17H22N2O. The molecule has 0 fully saturated rings. The fourth-order valence-corrected chi connectivity index (χ4v) is 2.22. The molecule has 0 bridgehead atoms. The van der Waals surface area contributed by atoms with Crippen molar-refractivity contribution < 1.29 is 4.74 Å². The Morgan fingerprint density at radius 2 is 1.70 bits per heavy atom. The molecule has 2 aromatic carbocycles. The van der Waals surface area contributed by atoms with E-state index in [9.17, 15) is 0 Å². The molecular weight excluding hydrogens is 248 g/mol. The predicted octanol–water partition coefficient (Wildman–Crippen LogP) is 3.30. The highest BCUT2D eigenvalue weighted by Crippen LogP contribution is 2.15. The molecule has 2 rings (SSSR count). The largest absolute Gasteiger partial charge is 0.497 e. The first-order valence-electron chi connectivity index (χ1n) is 6.91. The van der Waals surface area contributed by atoms with Crippen LogP contribution in [0.25, 0.3) is 0 Å². The number of hydrogen-bond acceptors (Lipinski definition) is 3. The molecule has 2 N–H and O–H groups in total. The zero-order valence-electron chi connectivity index (χ0n) is 12.2. The summed E-state index contributed by atoms with van der Waals surface area (Å²) < 4.78 is 5.18. The Hall–Kier alpha value is -2.00. The van der Waals surface area contributed by atoms with Gasteiger partial charge in [-0.15, -0.1) is 0 Å². The van der Waals surface area contributed by atoms with Gasteiger partial charge in [0.1, 0.15) is 5.75 Å². The highest BCUT2D eigenvalue weighted by molar-refractivity contribution is 5.40. The molecule has 0 aliphatic heterocycles. The Morgan fingerprint density at radius 1 is 1.00 bits per heavy atom. The molecule has 0 saturated carbocycles. The van der Waals surface area contributed by atoms with Crippen molar-refractivity contribution in [2.75, 3.05) is 19.4 Å². The maximum atomic E-state index is 5.83. The summed E-state index contributed by atoms with van der Waals surface area (Å²) in [4.78, 5) is 2.39. The van der Waals surface area contributed by atoms with E-state index in [1.807, 2.05) is 30.3 Å². The smallest absolute Gasteiger partial charge is 0.118 e. The number of anilines is 1. The van der Waals surface area contributed by atoms with Crippen molar-refractivity contribution in [2.24, 2.45) is 0 Å². The number of rotatable bonds is 6. The van der Waals surface area contributed by atoms with Crippen LogP contribution in [0.15, 0.2) is 48.5 Å². The second-order valence-corrected chi connectivity index (χ2v) is 4.90. The minimum atomic E-state index is 0.822. The summed E-state index contributed by atoms with van der Waals surface area (Å²) in [5.41, 5.74) is 9.19. The van der Waals surface area contributed by atoms with Gasteiger partial charge in [-0.3, -0.25) is 4.90 Å². The van der Waals surface area contributed by atoms with Crippen molar-refractivity contribution >= 4 is 5.69 Å². The van der Waals surface area contributed by atoms with Crippen LogP contribution >= 0.6 is 0 Å². The van der Waals surface area contributed by atoms with Crippen LogP contribution in [0, 0.1) is 0 Å². The first kappa shape index (κ1) is 14.4. The van der Waals surface area contributed by atoms with Crippen LogP contribution < -0.4 is 10.5 Å². The summed E-state index contributed by atoms with van der Waals surface area (Å²) in [5.74, 6) is 0.896. The summed E-state index contributed by atoms with van der Waals surface area (Å²) >= 11 is 0. The summed E-state index contributed by atoms with van der Waals surface area (Å²) in [6.45, 7) is 5.01. The molecule has 0 unspecified atom stereocenters. The average molecular weight is 270 g/mol. The second kappa shape index (κ2) is 6.96. The normalized spacial score (nSPS) is 10.8. The lowest BCUT2D eigenvalue weighted by Gasteiger charge is -2.21. The van der Waals surface area contributed by atoms with Crippen LogP contribution in [-0.2, 0) is 13.1 Å². The molecule has 3 nitrogen and oxygen atoms in total. The van der Waals surface area contributed by atoms with E-state index in [0.29, 0.717) is 0 Å². The summed E-state index contributed by atoms with van der Waals surface area (Å²) in [7, 11) is 1.69. The van der Waals surface area contributed by atoms with Gasteiger partial charge in [0.05, 0.1) is 7.11 Å². The molecule has 0 radical (unpaired) electrons. The third-order valence-electron chi connectivity index (χ3n) is 3.37. The molecule has 0 aliphatic carbocycles. The Kier molecular flexibility index (Phi) is 5.02. The maximum Gasteiger partial charge on any atom is 0.118 e. The molecule has 106 valence electrons. The lowest BCUT2D eigenvalue weighted by atomic mass is 10.1.